The summed E-state index contributed by atoms with van der Waals surface area (Å²) in [6.07, 6.45) is 1.84. The van der Waals surface area contributed by atoms with Gasteiger partial charge >= 0.3 is 0 Å². The zero-order valence-electron chi connectivity index (χ0n) is 19.7. The van der Waals surface area contributed by atoms with E-state index in [1.807, 2.05) is 30.5 Å². The maximum absolute atomic E-state index is 6.48. The predicted octanol–water partition coefficient (Wildman–Crippen LogP) is 6.94. The lowest BCUT2D eigenvalue weighted by molar-refractivity contribution is 0.565. The molecule has 5 rings (SSSR count). The molecule has 0 unspecified atom stereocenters. The zero-order valence-corrected chi connectivity index (χ0v) is 21.3. The quantitative estimate of drug-likeness (QED) is 0.317. The Morgan fingerprint density at radius 2 is 1.71 bits per heavy atom. The summed E-state index contributed by atoms with van der Waals surface area (Å²) in [6, 6.07) is 22.8. The normalized spacial score (nSPS) is 17.8. The second-order valence-corrected chi connectivity index (χ2v) is 9.67. The Bertz CT molecular complexity index is 1360. The monoisotopic (exact) mass is 486 g/mol. The standard InChI is InChI=1S/C28H27ClN4S/c1-17-11-13-21(14-12-17)33-27(26(31-28(33)34)24-9-5-6-15-30-24)22-16-18(2)32(20(22)4)25-10-7-8-23(29)19(25)3/h5-16,26-27H,1-4H3,(H,31,34)/t26-,27+/m0/s1. The molecule has 0 aliphatic carbocycles. The second-order valence-electron chi connectivity index (χ2n) is 8.88. The molecule has 1 saturated heterocycles. The molecule has 6 heteroatoms. The predicted molar refractivity (Wildman–Crippen MR) is 144 cm³/mol. The number of pyridine rings is 1. The first-order valence-electron chi connectivity index (χ1n) is 11.4. The number of hydrogen-bond donors (Lipinski definition) is 1. The van der Waals surface area contributed by atoms with E-state index in [2.05, 4.69) is 89.9 Å². The van der Waals surface area contributed by atoms with Crippen molar-refractivity contribution < 1.29 is 0 Å². The molecule has 34 heavy (non-hydrogen) atoms. The van der Waals surface area contributed by atoms with E-state index in [0.29, 0.717) is 5.11 Å². The lowest BCUT2D eigenvalue weighted by Crippen LogP contribution is -2.29. The molecule has 1 N–H and O–H groups in total. The van der Waals surface area contributed by atoms with Crippen molar-refractivity contribution in [2.45, 2.75) is 39.8 Å². The molecule has 1 fully saturated rings. The lowest BCUT2D eigenvalue weighted by Gasteiger charge is -2.28. The number of rotatable bonds is 4. The van der Waals surface area contributed by atoms with Crippen molar-refractivity contribution in [3.63, 3.8) is 0 Å². The molecule has 2 aromatic heterocycles. The largest absolute Gasteiger partial charge is 0.351 e. The molecular formula is C28H27ClN4S. The van der Waals surface area contributed by atoms with Crippen molar-refractivity contribution in [1.29, 1.82) is 0 Å². The van der Waals surface area contributed by atoms with E-state index >= 15 is 0 Å². The second kappa shape index (κ2) is 8.90. The Hall–Kier alpha value is -3.15. The number of anilines is 1. The van der Waals surface area contributed by atoms with Gasteiger partial charge < -0.3 is 14.8 Å². The highest BCUT2D eigenvalue weighted by atomic mass is 35.5. The molecule has 1 aliphatic rings. The minimum Gasteiger partial charge on any atom is -0.351 e. The first kappa shape index (κ1) is 22.6. The first-order valence-corrected chi connectivity index (χ1v) is 12.2. The van der Waals surface area contributed by atoms with E-state index in [0.717, 1.165) is 39.0 Å². The van der Waals surface area contributed by atoms with Crippen molar-refractivity contribution >= 4 is 34.6 Å². The number of hydrogen-bond acceptors (Lipinski definition) is 2. The van der Waals surface area contributed by atoms with Gasteiger partial charge in [-0.2, -0.15) is 0 Å². The number of thiocarbonyl (C=S) groups is 1. The Morgan fingerprint density at radius 3 is 2.41 bits per heavy atom. The highest BCUT2D eigenvalue weighted by molar-refractivity contribution is 7.80. The van der Waals surface area contributed by atoms with E-state index in [1.54, 1.807) is 0 Å². The van der Waals surface area contributed by atoms with Crippen LogP contribution in [0.5, 0.6) is 0 Å². The number of aryl methyl sites for hydroxylation is 2. The summed E-state index contributed by atoms with van der Waals surface area (Å²) < 4.78 is 2.29. The topological polar surface area (TPSA) is 33.1 Å². The van der Waals surface area contributed by atoms with Gasteiger partial charge in [0.05, 0.1) is 17.8 Å². The molecule has 4 nitrogen and oxygen atoms in total. The van der Waals surface area contributed by atoms with Gasteiger partial charge in [-0.15, -0.1) is 0 Å². The maximum Gasteiger partial charge on any atom is 0.174 e. The van der Waals surface area contributed by atoms with Crippen LogP contribution < -0.4 is 10.2 Å². The van der Waals surface area contributed by atoms with Crippen LogP contribution in [0.15, 0.2) is 72.9 Å². The van der Waals surface area contributed by atoms with Gasteiger partial charge in [-0.05, 0) is 93.5 Å². The third-order valence-corrected chi connectivity index (χ3v) is 7.40. The van der Waals surface area contributed by atoms with Gasteiger partial charge in [-0.3, -0.25) is 4.98 Å². The van der Waals surface area contributed by atoms with Gasteiger partial charge in [0.1, 0.15) is 0 Å². The van der Waals surface area contributed by atoms with Crippen LogP contribution in [-0.2, 0) is 0 Å². The SMILES string of the molecule is Cc1ccc(N2C(=S)N[C@@H](c3ccccn3)[C@H]2c2cc(C)n(-c3cccc(Cl)c3C)c2C)cc1. The molecule has 0 spiro atoms. The minimum atomic E-state index is -0.0792. The summed E-state index contributed by atoms with van der Waals surface area (Å²) in [5.41, 5.74) is 8.93. The van der Waals surface area contributed by atoms with Crippen molar-refractivity contribution in [3.05, 3.63) is 112 Å². The van der Waals surface area contributed by atoms with Crippen LogP contribution in [-0.4, -0.2) is 14.7 Å². The van der Waals surface area contributed by atoms with Crippen molar-refractivity contribution in [2.75, 3.05) is 4.90 Å². The van der Waals surface area contributed by atoms with Gasteiger partial charge in [0.15, 0.2) is 5.11 Å². The minimum absolute atomic E-state index is 0.0513. The summed E-state index contributed by atoms with van der Waals surface area (Å²) in [5.74, 6) is 0. The molecule has 1 aliphatic heterocycles. The molecule has 172 valence electrons. The van der Waals surface area contributed by atoms with Gasteiger partial charge in [0, 0.05) is 34.0 Å². The summed E-state index contributed by atoms with van der Waals surface area (Å²) in [4.78, 5) is 6.91. The van der Waals surface area contributed by atoms with Gasteiger partial charge in [-0.1, -0.05) is 41.4 Å². The third kappa shape index (κ3) is 3.79. The lowest BCUT2D eigenvalue weighted by atomic mass is 9.96. The van der Waals surface area contributed by atoms with Crippen LogP contribution in [0.3, 0.4) is 0 Å². The molecule has 2 aromatic carbocycles. The summed E-state index contributed by atoms with van der Waals surface area (Å²) >= 11 is 12.4. The smallest absolute Gasteiger partial charge is 0.174 e. The molecule has 4 aromatic rings. The highest BCUT2D eigenvalue weighted by Gasteiger charge is 2.42. The summed E-state index contributed by atoms with van der Waals surface area (Å²) in [6.45, 7) is 8.48. The van der Waals surface area contributed by atoms with Crippen molar-refractivity contribution in [1.82, 2.24) is 14.9 Å². The number of halogens is 1. The van der Waals surface area contributed by atoms with Crippen LogP contribution in [0.25, 0.3) is 5.69 Å². The van der Waals surface area contributed by atoms with Crippen molar-refractivity contribution in [3.8, 4) is 5.69 Å². The molecule has 3 heterocycles. The fourth-order valence-electron chi connectivity index (χ4n) is 4.95. The van der Waals surface area contributed by atoms with Crippen LogP contribution in [0, 0.1) is 27.7 Å². The average molecular weight is 487 g/mol. The van der Waals surface area contributed by atoms with E-state index < -0.39 is 0 Å². The van der Waals surface area contributed by atoms with Crippen LogP contribution >= 0.6 is 23.8 Å². The van der Waals surface area contributed by atoms with E-state index in [9.17, 15) is 0 Å². The highest BCUT2D eigenvalue weighted by Crippen LogP contribution is 2.44. The number of benzene rings is 2. The van der Waals surface area contributed by atoms with E-state index in [4.69, 9.17) is 23.8 Å². The van der Waals surface area contributed by atoms with Crippen LogP contribution in [0.1, 0.15) is 45.9 Å². The summed E-state index contributed by atoms with van der Waals surface area (Å²) in [7, 11) is 0. The molecule has 0 saturated carbocycles. The maximum atomic E-state index is 6.48. The Kier molecular flexibility index (Phi) is 5.92. The Labute approximate surface area is 211 Å². The van der Waals surface area contributed by atoms with Gasteiger partial charge in [0.2, 0.25) is 0 Å². The number of aromatic nitrogens is 2. The fraction of sp³-hybridized carbons (Fsp3) is 0.214. The fourth-order valence-corrected chi connectivity index (χ4v) is 5.47. The molecule has 2 atom stereocenters. The van der Waals surface area contributed by atoms with Crippen LogP contribution in [0.2, 0.25) is 5.02 Å². The van der Waals surface area contributed by atoms with E-state index in [-0.39, 0.29) is 12.1 Å². The Morgan fingerprint density at radius 1 is 0.941 bits per heavy atom. The van der Waals surface area contributed by atoms with Crippen LogP contribution in [0.4, 0.5) is 5.69 Å². The van der Waals surface area contributed by atoms with E-state index in [1.165, 1.54) is 11.1 Å². The molecule has 0 radical (unpaired) electrons. The Balaban J connectivity index is 1.70. The first-order chi connectivity index (χ1) is 16.4. The number of nitrogens with one attached hydrogen (secondary N) is 1. The third-order valence-electron chi connectivity index (χ3n) is 6.68. The van der Waals surface area contributed by atoms with Crippen molar-refractivity contribution in [2.24, 2.45) is 0 Å². The zero-order chi connectivity index (χ0) is 24.0. The molecule has 0 bridgehead atoms. The number of nitrogens with zero attached hydrogens (tertiary/aromatic N) is 3. The van der Waals surface area contributed by atoms with Gasteiger partial charge in [0.25, 0.3) is 0 Å². The molecular weight excluding hydrogens is 460 g/mol. The van der Waals surface area contributed by atoms with Gasteiger partial charge in [-0.25, -0.2) is 0 Å². The average Bonchev–Trinajstić information content (AvgIpc) is 3.32. The molecule has 0 amide bonds. The summed E-state index contributed by atoms with van der Waals surface area (Å²) in [5, 5.41) is 5.03.